The quantitative estimate of drug-likeness (QED) is 0.599. The SMILES string of the molecule is COC(=O)c1sc(Br)cc1N.NC(=O)c1sc(Br)cc1N. The van der Waals surface area contributed by atoms with Crippen LogP contribution in [0.25, 0.3) is 0 Å². The molecule has 0 aliphatic heterocycles. The smallest absolute Gasteiger partial charge is 0.350 e. The van der Waals surface area contributed by atoms with Crippen LogP contribution >= 0.6 is 54.5 Å². The van der Waals surface area contributed by atoms with Gasteiger partial charge in [0.25, 0.3) is 5.91 Å². The van der Waals surface area contributed by atoms with Crippen LogP contribution in [0.4, 0.5) is 11.4 Å². The zero-order valence-electron chi connectivity index (χ0n) is 10.7. The molecule has 0 saturated carbocycles. The first-order valence-electron chi connectivity index (χ1n) is 5.24. The van der Waals surface area contributed by atoms with Crippen molar-refractivity contribution in [2.24, 2.45) is 5.73 Å². The molecule has 0 spiro atoms. The number of primary amides is 1. The van der Waals surface area contributed by atoms with E-state index in [0.29, 0.717) is 21.1 Å². The molecule has 0 bridgehead atoms. The second-order valence-corrected chi connectivity index (χ2v) is 8.39. The molecule has 0 aliphatic carbocycles. The summed E-state index contributed by atoms with van der Waals surface area (Å²) in [6, 6.07) is 3.34. The fourth-order valence-electron chi connectivity index (χ4n) is 1.19. The second-order valence-electron chi connectivity index (χ2n) is 3.53. The Morgan fingerprint density at radius 3 is 1.71 bits per heavy atom. The molecule has 6 N–H and O–H groups in total. The summed E-state index contributed by atoms with van der Waals surface area (Å²) < 4.78 is 6.15. The molecule has 1 amide bonds. The standard InChI is InChI=1S/C6H6BrNO2S.C5H5BrN2OS/c1-10-6(9)5-3(8)2-4(7)11-5;6-3-1-2(7)4(10-3)5(8)9/h2H,8H2,1H3;1H,7H2,(H2,8,9). The topological polar surface area (TPSA) is 121 Å². The van der Waals surface area contributed by atoms with Crippen molar-refractivity contribution in [2.75, 3.05) is 18.6 Å². The monoisotopic (exact) mass is 455 g/mol. The Kier molecular flexibility index (Phi) is 6.65. The number of halogens is 2. The molecule has 2 rings (SSSR count). The van der Waals surface area contributed by atoms with E-state index in [1.54, 1.807) is 12.1 Å². The number of rotatable bonds is 2. The molecule has 0 unspecified atom stereocenters. The first kappa shape index (κ1) is 18.0. The van der Waals surface area contributed by atoms with Crippen LogP contribution in [0, 0.1) is 0 Å². The molecule has 6 nitrogen and oxygen atoms in total. The average Bonchev–Trinajstić information content (AvgIpc) is 2.91. The fourth-order valence-corrected chi connectivity index (χ4v) is 4.04. The van der Waals surface area contributed by atoms with Crippen molar-refractivity contribution in [2.45, 2.75) is 0 Å². The van der Waals surface area contributed by atoms with Crippen molar-refractivity contribution in [3.63, 3.8) is 0 Å². The molecule has 0 atom stereocenters. The van der Waals surface area contributed by atoms with Crippen LogP contribution in [0.2, 0.25) is 0 Å². The maximum absolute atomic E-state index is 10.9. The number of hydrogen-bond acceptors (Lipinski definition) is 7. The Balaban J connectivity index is 0.000000211. The summed E-state index contributed by atoms with van der Waals surface area (Å²) in [5.41, 5.74) is 16.8. The Bertz CT molecular complexity index is 670. The Labute approximate surface area is 145 Å². The minimum atomic E-state index is -0.479. The molecule has 0 aliphatic rings. The second kappa shape index (κ2) is 7.78. The summed E-state index contributed by atoms with van der Waals surface area (Å²) in [5.74, 6) is -0.869. The van der Waals surface area contributed by atoms with Gasteiger partial charge in [-0.05, 0) is 44.0 Å². The van der Waals surface area contributed by atoms with E-state index in [4.69, 9.17) is 17.2 Å². The molecular formula is C11H11Br2N3O3S2. The summed E-state index contributed by atoms with van der Waals surface area (Å²) in [4.78, 5) is 22.4. The molecule has 10 heteroatoms. The number of hydrogen-bond donors (Lipinski definition) is 3. The number of esters is 1. The number of thiophene rings is 2. The van der Waals surface area contributed by atoms with Crippen LogP contribution in [0.3, 0.4) is 0 Å². The number of methoxy groups -OCH3 is 1. The van der Waals surface area contributed by atoms with Crippen LogP contribution in [0.15, 0.2) is 19.7 Å². The van der Waals surface area contributed by atoms with Crippen molar-refractivity contribution >= 4 is 77.8 Å². The summed E-state index contributed by atoms with van der Waals surface area (Å²) >= 11 is 8.90. The molecule has 0 saturated heterocycles. The first-order valence-corrected chi connectivity index (χ1v) is 8.45. The van der Waals surface area contributed by atoms with Gasteiger partial charge < -0.3 is 21.9 Å². The van der Waals surface area contributed by atoms with Gasteiger partial charge in [0.05, 0.1) is 26.1 Å². The number of amides is 1. The predicted molar refractivity (Wildman–Crippen MR) is 92.7 cm³/mol. The van der Waals surface area contributed by atoms with E-state index in [-0.39, 0.29) is 0 Å². The van der Waals surface area contributed by atoms with E-state index >= 15 is 0 Å². The minimum absolute atomic E-state index is 0.391. The number of nitrogens with two attached hydrogens (primary N) is 3. The molecule has 0 radical (unpaired) electrons. The highest BCUT2D eigenvalue weighted by Gasteiger charge is 2.13. The van der Waals surface area contributed by atoms with Crippen molar-refractivity contribution in [3.8, 4) is 0 Å². The van der Waals surface area contributed by atoms with Crippen molar-refractivity contribution in [3.05, 3.63) is 29.5 Å². The van der Waals surface area contributed by atoms with E-state index in [2.05, 4.69) is 36.6 Å². The van der Waals surface area contributed by atoms with Gasteiger partial charge in [-0.2, -0.15) is 0 Å². The zero-order valence-corrected chi connectivity index (χ0v) is 15.5. The minimum Gasteiger partial charge on any atom is -0.465 e. The maximum atomic E-state index is 10.9. The van der Waals surface area contributed by atoms with Gasteiger partial charge in [-0.3, -0.25) is 4.79 Å². The lowest BCUT2D eigenvalue weighted by Gasteiger charge is -1.94. The van der Waals surface area contributed by atoms with E-state index in [1.165, 1.54) is 29.8 Å². The van der Waals surface area contributed by atoms with Gasteiger partial charge in [-0.1, -0.05) is 0 Å². The first-order chi connectivity index (χ1) is 9.76. The van der Waals surface area contributed by atoms with Gasteiger partial charge >= 0.3 is 5.97 Å². The lowest BCUT2D eigenvalue weighted by Crippen LogP contribution is -2.10. The molecule has 0 fully saturated rings. The number of carbonyl (C=O) groups is 2. The third kappa shape index (κ3) is 4.99. The van der Waals surface area contributed by atoms with Crippen LogP contribution < -0.4 is 17.2 Å². The highest BCUT2D eigenvalue weighted by Crippen LogP contribution is 2.29. The predicted octanol–water partition coefficient (Wildman–Crippen LogP) is 3.07. The average molecular weight is 457 g/mol. The lowest BCUT2D eigenvalue weighted by atomic mass is 10.4. The van der Waals surface area contributed by atoms with Crippen molar-refractivity contribution in [1.29, 1.82) is 0 Å². The van der Waals surface area contributed by atoms with Crippen LogP contribution in [0.5, 0.6) is 0 Å². The molecule has 2 aromatic rings. The summed E-state index contributed by atoms with van der Waals surface area (Å²) in [7, 11) is 1.33. The number of carbonyl (C=O) groups excluding carboxylic acids is 2. The number of ether oxygens (including phenoxy) is 1. The third-order valence-electron chi connectivity index (χ3n) is 2.06. The Morgan fingerprint density at radius 2 is 1.48 bits per heavy atom. The Hall–Kier alpha value is -1.10. The highest BCUT2D eigenvalue weighted by molar-refractivity contribution is 9.11. The summed E-state index contributed by atoms with van der Waals surface area (Å²) in [5, 5.41) is 0. The molecule has 2 aromatic heterocycles. The van der Waals surface area contributed by atoms with Gasteiger partial charge in [0.2, 0.25) is 0 Å². The summed E-state index contributed by atoms with van der Waals surface area (Å²) in [6.45, 7) is 0. The number of nitrogen functional groups attached to an aromatic ring is 2. The largest absolute Gasteiger partial charge is 0.465 e. The highest BCUT2D eigenvalue weighted by atomic mass is 79.9. The van der Waals surface area contributed by atoms with Gasteiger partial charge in [-0.15, -0.1) is 22.7 Å². The van der Waals surface area contributed by atoms with E-state index in [1.807, 2.05) is 0 Å². The van der Waals surface area contributed by atoms with Crippen molar-refractivity contribution < 1.29 is 14.3 Å². The fraction of sp³-hybridized carbons (Fsp3) is 0.0909. The lowest BCUT2D eigenvalue weighted by molar-refractivity contribution is 0.0607. The van der Waals surface area contributed by atoms with Crippen LogP contribution in [-0.4, -0.2) is 19.0 Å². The zero-order chi connectivity index (χ0) is 16.2. The normalized spacial score (nSPS) is 9.67. The van der Waals surface area contributed by atoms with Crippen LogP contribution in [-0.2, 0) is 4.74 Å². The van der Waals surface area contributed by atoms with Gasteiger partial charge in [0, 0.05) is 0 Å². The van der Waals surface area contributed by atoms with E-state index in [0.717, 1.165) is 7.57 Å². The molecular weight excluding hydrogens is 446 g/mol. The van der Waals surface area contributed by atoms with E-state index < -0.39 is 11.9 Å². The van der Waals surface area contributed by atoms with Crippen molar-refractivity contribution in [1.82, 2.24) is 0 Å². The Morgan fingerprint density at radius 1 is 1.05 bits per heavy atom. The summed E-state index contributed by atoms with van der Waals surface area (Å²) in [6.07, 6.45) is 0. The molecule has 21 heavy (non-hydrogen) atoms. The van der Waals surface area contributed by atoms with Gasteiger partial charge in [0.15, 0.2) is 0 Å². The molecule has 114 valence electrons. The van der Waals surface area contributed by atoms with E-state index in [9.17, 15) is 9.59 Å². The number of anilines is 2. The molecule has 0 aromatic carbocycles. The maximum Gasteiger partial charge on any atom is 0.350 e. The molecule has 2 heterocycles. The van der Waals surface area contributed by atoms with Crippen LogP contribution in [0.1, 0.15) is 19.3 Å². The third-order valence-corrected chi connectivity index (χ3v) is 5.36. The van der Waals surface area contributed by atoms with Gasteiger partial charge in [-0.25, -0.2) is 4.79 Å². The van der Waals surface area contributed by atoms with Gasteiger partial charge in [0.1, 0.15) is 9.75 Å².